The summed E-state index contributed by atoms with van der Waals surface area (Å²) in [5.74, 6) is 0.757. The number of aromatic nitrogens is 3. The van der Waals surface area contributed by atoms with Crippen LogP contribution in [-0.2, 0) is 6.42 Å². The van der Waals surface area contributed by atoms with Crippen molar-refractivity contribution in [2.24, 2.45) is 0 Å². The fourth-order valence-corrected chi connectivity index (χ4v) is 2.18. The topological polar surface area (TPSA) is 55.7 Å². The molecule has 1 aliphatic rings. The lowest BCUT2D eigenvalue weighted by Gasteiger charge is -2.13. The van der Waals surface area contributed by atoms with Crippen LogP contribution in [0.2, 0.25) is 0 Å². The third kappa shape index (κ3) is 1.90. The maximum absolute atomic E-state index is 11.7. The summed E-state index contributed by atoms with van der Waals surface area (Å²) in [6.07, 6.45) is 3.98. The lowest BCUT2D eigenvalue weighted by atomic mass is 9.96. The van der Waals surface area contributed by atoms with Gasteiger partial charge in [0, 0.05) is 18.3 Å². The zero-order valence-electron chi connectivity index (χ0n) is 10.2. The molecule has 3 rings (SSSR count). The molecule has 2 aromatic heterocycles. The van der Waals surface area contributed by atoms with E-state index in [0.717, 1.165) is 29.9 Å². The van der Waals surface area contributed by atoms with E-state index in [4.69, 9.17) is 0 Å². The molecule has 0 bridgehead atoms. The zero-order valence-corrected chi connectivity index (χ0v) is 10.2. The number of ketones is 1. The van der Waals surface area contributed by atoms with Gasteiger partial charge in [-0.2, -0.15) is 0 Å². The molecule has 0 N–H and O–H groups in total. The second kappa shape index (κ2) is 4.29. The van der Waals surface area contributed by atoms with Gasteiger partial charge in [0.05, 0.1) is 11.3 Å². The van der Waals surface area contributed by atoms with Crippen molar-refractivity contribution in [3.8, 4) is 11.5 Å². The average Bonchev–Trinajstić information content (AvgIpc) is 2.39. The number of hydrogen-bond donors (Lipinski definition) is 0. The Labute approximate surface area is 105 Å². The molecular weight excluding hydrogens is 226 g/mol. The highest BCUT2D eigenvalue weighted by molar-refractivity contribution is 5.97. The highest BCUT2D eigenvalue weighted by Gasteiger charge is 2.19. The van der Waals surface area contributed by atoms with Crippen LogP contribution < -0.4 is 0 Å². The van der Waals surface area contributed by atoms with Crippen LogP contribution in [0.25, 0.3) is 11.5 Å². The Morgan fingerprint density at radius 1 is 1.17 bits per heavy atom. The van der Waals surface area contributed by atoms with Crippen molar-refractivity contribution in [3.63, 3.8) is 0 Å². The quantitative estimate of drug-likeness (QED) is 0.766. The Kier molecular flexibility index (Phi) is 2.63. The Bertz CT molecular complexity index is 622. The molecule has 0 spiro atoms. The number of pyridine rings is 1. The van der Waals surface area contributed by atoms with E-state index in [2.05, 4.69) is 15.0 Å². The number of hydrogen-bond acceptors (Lipinski definition) is 4. The van der Waals surface area contributed by atoms with Crippen LogP contribution in [0.5, 0.6) is 0 Å². The number of aryl methyl sites for hydroxylation is 2. The van der Waals surface area contributed by atoms with Crippen molar-refractivity contribution >= 4 is 5.78 Å². The fourth-order valence-electron chi connectivity index (χ4n) is 2.18. The summed E-state index contributed by atoms with van der Waals surface area (Å²) in [6, 6.07) is 5.76. The van der Waals surface area contributed by atoms with Crippen molar-refractivity contribution < 1.29 is 4.79 Å². The molecule has 0 atom stereocenters. The zero-order chi connectivity index (χ0) is 12.5. The summed E-state index contributed by atoms with van der Waals surface area (Å²) in [5.41, 5.74) is 3.23. The van der Waals surface area contributed by atoms with E-state index in [1.807, 2.05) is 25.1 Å². The Morgan fingerprint density at radius 2 is 2.06 bits per heavy atom. The predicted molar refractivity (Wildman–Crippen MR) is 67.3 cm³/mol. The minimum atomic E-state index is 0.153. The van der Waals surface area contributed by atoms with E-state index in [1.54, 1.807) is 6.20 Å². The van der Waals surface area contributed by atoms with Gasteiger partial charge in [0.2, 0.25) is 0 Å². The highest BCUT2D eigenvalue weighted by atomic mass is 16.1. The Hall–Kier alpha value is -2.10. The minimum Gasteiger partial charge on any atom is -0.294 e. The van der Waals surface area contributed by atoms with Gasteiger partial charge in [-0.25, -0.2) is 15.0 Å². The van der Waals surface area contributed by atoms with Crippen LogP contribution in [-0.4, -0.2) is 20.7 Å². The summed E-state index contributed by atoms with van der Waals surface area (Å²) < 4.78 is 0. The minimum absolute atomic E-state index is 0.153. The van der Waals surface area contributed by atoms with Crippen molar-refractivity contribution in [1.82, 2.24) is 15.0 Å². The maximum Gasteiger partial charge on any atom is 0.178 e. The van der Waals surface area contributed by atoms with E-state index in [-0.39, 0.29) is 5.78 Å². The lowest BCUT2D eigenvalue weighted by Crippen LogP contribution is -2.14. The SMILES string of the molecule is Cc1cccc(-c2ncc3c(n2)CCCC3=O)n1. The van der Waals surface area contributed by atoms with Crippen LogP contribution in [0.3, 0.4) is 0 Å². The first-order valence-electron chi connectivity index (χ1n) is 6.07. The number of carbonyl (C=O) groups is 1. The monoisotopic (exact) mass is 239 g/mol. The van der Waals surface area contributed by atoms with Gasteiger partial charge < -0.3 is 0 Å². The van der Waals surface area contributed by atoms with Crippen LogP contribution in [0.15, 0.2) is 24.4 Å². The number of nitrogens with zero attached hydrogens (tertiary/aromatic N) is 3. The van der Waals surface area contributed by atoms with Crippen LogP contribution in [0.1, 0.15) is 34.6 Å². The van der Waals surface area contributed by atoms with Crippen molar-refractivity contribution in [3.05, 3.63) is 41.3 Å². The molecule has 4 heteroatoms. The van der Waals surface area contributed by atoms with Gasteiger partial charge in [-0.3, -0.25) is 4.79 Å². The summed E-state index contributed by atoms with van der Waals surface area (Å²) in [6.45, 7) is 1.94. The van der Waals surface area contributed by atoms with E-state index in [1.165, 1.54) is 0 Å². The maximum atomic E-state index is 11.7. The van der Waals surface area contributed by atoms with Gasteiger partial charge in [-0.15, -0.1) is 0 Å². The molecule has 0 unspecified atom stereocenters. The largest absolute Gasteiger partial charge is 0.294 e. The van der Waals surface area contributed by atoms with Gasteiger partial charge in [0.1, 0.15) is 5.69 Å². The summed E-state index contributed by atoms with van der Waals surface area (Å²) >= 11 is 0. The van der Waals surface area contributed by atoms with E-state index in [0.29, 0.717) is 17.8 Å². The van der Waals surface area contributed by atoms with Crippen molar-refractivity contribution in [2.75, 3.05) is 0 Å². The van der Waals surface area contributed by atoms with E-state index >= 15 is 0 Å². The first kappa shape index (κ1) is 11.0. The van der Waals surface area contributed by atoms with Gasteiger partial charge in [0.15, 0.2) is 11.6 Å². The predicted octanol–water partition coefficient (Wildman–Crippen LogP) is 2.37. The molecule has 1 aliphatic carbocycles. The average molecular weight is 239 g/mol. The smallest absolute Gasteiger partial charge is 0.178 e. The number of carbonyl (C=O) groups excluding carboxylic acids is 1. The molecule has 0 aromatic carbocycles. The third-order valence-corrected chi connectivity index (χ3v) is 3.10. The first-order valence-corrected chi connectivity index (χ1v) is 6.07. The molecule has 0 fully saturated rings. The molecular formula is C14H13N3O. The molecule has 4 nitrogen and oxygen atoms in total. The van der Waals surface area contributed by atoms with E-state index in [9.17, 15) is 4.79 Å². The van der Waals surface area contributed by atoms with Crippen LogP contribution in [0, 0.1) is 6.92 Å². The third-order valence-electron chi connectivity index (χ3n) is 3.10. The van der Waals surface area contributed by atoms with Crippen molar-refractivity contribution in [2.45, 2.75) is 26.2 Å². The van der Waals surface area contributed by atoms with E-state index < -0.39 is 0 Å². The number of Topliss-reactive ketones (excluding diaryl/α,β-unsaturated/α-hetero) is 1. The van der Waals surface area contributed by atoms with Gasteiger partial charge in [-0.1, -0.05) is 6.07 Å². The number of fused-ring (bicyclic) bond motifs is 1. The van der Waals surface area contributed by atoms with Crippen LogP contribution in [0.4, 0.5) is 0 Å². The van der Waals surface area contributed by atoms with Crippen LogP contribution >= 0.6 is 0 Å². The van der Waals surface area contributed by atoms with Gasteiger partial charge in [0.25, 0.3) is 0 Å². The molecule has 2 aromatic rings. The summed E-state index contributed by atoms with van der Waals surface area (Å²) in [5, 5.41) is 0. The second-order valence-electron chi connectivity index (χ2n) is 4.49. The van der Waals surface area contributed by atoms with Gasteiger partial charge in [-0.05, 0) is 31.9 Å². The van der Waals surface area contributed by atoms with Gasteiger partial charge >= 0.3 is 0 Å². The molecule has 0 amide bonds. The number of rotatable bonds is 1. The Morgan fingerprint density at radius 3 is 2.89 bits per heavy atom. The normalized spacial score (nSPS) is 14.4. The molecule has 18 heavy (non-hydrogen) atoms. The summed E-state index contributed by atoms with van der Waals surface area (Å²) in [4.78, 5) is 24.8. The Balaban J connectivity index is 2.07. The fraction of sp³-hybridized carbons (Fsp3) is 0.286. The molecule has 2 heterocycles. The lowest BCUT2D eigenvalue weighted by molar-refractivity contribution is 0.0971. The molecule has 90 valence electrons. The molecule has 0 aliphatic heterocycles. The molecule has 0 radical (unpaired) electrons. The summed E-state index contributed by atoms with van der Waals surface area (Å²) in [7, 11) is 0. The molecule has 0 saturated carbocycles. The molecule has 0 saturated heterocycles. The first-order chi connectivity index (χ1) is 8.74. The highest BCUT2D eigenvalue weighted by Crippen LogP contribution is 2.21. The standard InChI is InChI=1S/C14H13N3O/c1-9-4-2-6-12(16-9)14-15-8-10-11(17-14)5-3-7-13(10)18/h2,4,6,8H,3,5,7H2,1H3. The van der Waals surface area contributed by atoms with Crippen molar-refractivity contribution in [1.29, 1.82) is 0 Å². The second-order valence-corrected chi connectivity index (χ2v) is 4.49.